The second-order valence-electron chi connectivity index (χ2n) is 12.1. The number of alkyl carbamates (subject to hydrolysis) is 1. The summed E-state index contributed by atoms with van der Waals surface area (Å²) in [5.41, 5.74) is 4.73. The van der Waals surface area contributed by atoms with Gasteiger partial charge in [-0.05, 0) is 43.7 Å². The van der Waals surface area contributed by atoms with Crippen molar-refractivity contribution in [3.63, 3.8) is 0 Å². The molecule has 0 spiro atoms. The monoisotopic (exact) mass is 627 g/mol. The normalized spacial score (nSPS) is 19.1. The molecule has 2 fully saturated rings. The molecule has 0 radical (unpaired) electrons. The third-order valence-corrected chi connectivity index (χ3v) is 9.87. The average molecular weight is 628 g/mol. The van der Waals surface area contributed by atoms with Gasteiger partial charge in [0.2, 0.25) is 5.91 Å². The van der Waals surface area contributed by atoms with Crippen LogP contribution in [0.5, 0.6) is 0 Å². The number of hydrogen-bond acceptors (Lipinski definition) is 8. The number of carbonyl (C=O) groups is 2. The zero-order valence-corrected chi connectivity index (χ0v) is 26.4. The second kappa shape index (κ2) is 12.2. The highest BCUT2D eigenvalue weighted by Gasteiger charge is 2.37. The van der Waals surface area contributed by atoms with Gasteiger partial charge in [0.05, 0.1) is 52.6 Å². The fraction of sp³-hybridized carbons (Fsp3) is 0.394. The first-order chi connectivity index (χ1) is 21.9. The fourth-order valence-corrected chi connectivity index (χ4v) is 7.31. The summed E-state index contributed by atoms with van der Waals surface area (Å²) < 4.78 is 12.1. The van der Waals surface area contributed by atoms with Crippen molar-refractivity contribution in [1.29, 1.82) is 0 Å². The minimum absolute atomic E-state index is 0.0842. The minimum atomic E-state index is -0.666. The summed E-state index contributed by atoms with van der Waals surface area (Å²) in [6.07, 6.45) is 7.07. The summed E-state index contributed by atoms with van der Waals surface area (Å²) >= 11 is 1.69. The van der Waals surface area contributed by atoms with Crippen molar-refractivity contribution in [3.05, 3.63) is 60.4 Å². The SMILES string of the molecule is COC(=O)N[C@H](C(=O)N1CCC[C@H]1c1ncc(-c2ccc(-c3cc4sc(-c5cnc([C@@H]6CCCN6)[nH]5)cc4o3)cc2)[nH]1)C(C)C. The molecule has 0 unspecified atom stereocenters. The van der Waals surface area contributed by atoms with E-state index in [1.54, 1.807) is 11.3 Å². The maximum atomic E-state index is 13.5. The van der Waals surface area contributed by atoms with E-state index in [1.165, 1.54) is 13.5 Å². The number of amides is 2. The van der Waals surface area contributed by atoms with Crippen LogP contribution in [-0.2, 0) is 9.53 Å². The van der Waals surface area contributed by atoms with Crippen LogP contribution in [-0.4, -0.2) is 63.1 Å². The lowest BCUT2D eigenvalue weighted by Crippen LogP contribution is -2.51. The van der Waals surface area contributed by atoms with Crippen molar-refractivity contribution in [3.8, 4) is 33.2 Å². The maximum absolute atomic E-state index is 13.5. The molecule has 12 heteroatoms. The van der Waals surface area contributed by atoms with Gasteiger partial charge in [0.1, 0.15) is 29.0 Å². The van der Waals surface area contributed by atoms with Gasteiger partial charge in [0, 0.05) is 24.2 Å². The number of methoxy groups -OCH3 is 1. The third kappa shape index (κ3) is 5.75. The van der Waals surface area contributed by atoms with E-state index in [9.17, 15) is 9.59 Å². The summed E-state index contributed by atoms with van der Waals surface area (Å²) in [5.74, 6) is 2.35. The van der Waals surface area contributed by atoms with Crippen LogP contribution in [0.3, 0.4) is 0 Å². The molecule has 2 amide bonds. The molecule has 234 valence electrons. The molecular weight excluding hydrogens is 590 g/mol. The van der Waals surface area contributed by atoms with E-state index in [4.69, 9.17) is 9.15 Å². The van der Waals surface area contributed by atoms with Crippen LogP contribution in [0.1, 0.15) is 63.3 Å². The Labute approximate surface area is 264 Å². The molecule has 4 aromatic heterocycles. The Balaban J connectivity index is 1.04. The average Bonchev–Trinajstić information content (AvgIpc) is 3.86. The lowest BCUT2D eigenvalue weighted by atomic mass is 10.0. The molecule has 11 nitrogen and oxygen atoms in total. The number of aromatic amines is 2. The number of benzene rings is 1. The van der Waals surface area contributed by atoms with Crippen molar-refractivity contribution in [2.45, 2.75) is 57.7 Å². The number of H-pyrrole nitrogens is 2. The second-order valence-corrected chi connectivity index (χ2v) is 13.2. The molecule has 0 saturated carbocycles. The molecule has 2 aliphatic rings. The van der Waals surface area contributed by atoms with E-state index in [0.29, 0.717) is 12.6 Å². The smallest absolute Gasteiger partial charge is 0.407 e. The molecule has 0 aliphatic carbocycles. The number of nitrogens with zero attached hydrogens (tertiary/aromatic N) is 3. The number of furan rings is 1. The number of hydrogen-bond donors (Lipinski definition) is 4. The predicted octanol–water partition coefficient (Wildman–Crippen LogP) is 6.41. The molecule has 1 aromatic carbocycles. The molecular formula is C33H37N7O4S. The number of carbonyl (C=O) groups excluding carboxylic acids is 2. The largest absolute Gasteiger partial charge is 0.455 e. The number of thiophene rings is 1. The van der Waals surface area contributed by atoms with Crippen LogP contribution in [0.2, 0.25) is 0 Å². The number of nitrogens with one attached hydrogen (secondary N) is 4. The highest BCUT2D eigenvalue weighted by Crippen LogP contribution is 2.39. The third-order valence-electron chi connectivity index (χ3n) is 8.78. The number of ether oxygens (including phenoxy) is 1. The molecule has 4 N–H and O–H groups in total. The number of imidazole rings is 2. The minimum Gasteiger partial charge on any atom is -0.455 e. The highest BCUT2D eigenvalue weighted by molar-refractivity contribution is 7.22. The lowest BCUT2D eigenvalue weighted by Gasteiger charge is -2.30. The van der Waals surface area contributed by atoms with Crippen LogP contribution in [0.25, 0.3) is 43.4 Å². The van der Waals surface area contributed by atoms with Gasteiger partial charge in [-0.3, -0.25) is 4.79 Å². The molecule has 3 atom stereocenters. The van der Waals surface area contributed by atoms with Crippen molar-refractivity contribution >= 4 is 33.6 Å². The molecule has 7 rings (SSSR count). The van der Waals surface area contributed by atoms with Gasteiger partial charge >= 0.3 is 6.09 Å². The van der Waals surface area contributed by atoms with Gasteiger partial charge in [-0.1, -0.05) is 38.1 Å². The maximum Gasteiger partial charge on any atom is 0.407 e. The van der Waals surface area contributed by atoms with Crippen molar-refractivity contribution in [2.75, 3.05) is 20.2 Å². The summed E-state index contributed by atoms with van der Waals surface area (Å²) in [5, 5.41) is 6.18. The standard InChI is InChI=1S/C33H37N7O4S/c1-18(2)29(39-33(42)43-3)32(41)40-13-5-7-24(40)31-36-16-22(37-31)19-8-10-20(11-9-19)25-14-28-26(44-25)15-27(45-28)23-17-35-30(38-23)21-6-4-12-34-21/h8-11,14-18,21,24,29,34H,4-7,12-13H2,1-3H3,(H,35,38)(H,36,37)(H,39,42)/t21-,24-,29-/m0/s1. The van der Waals surface area contributed by atoms with Crippen molar-refractivity contribution in [2.24, 2.45) is 5.92 Å². The van der Waals surface area contributed by atoms with Gasteiger partial charge in [-0.2, -0.15) is 0 Å². The summed E-state index contributed by atoms with van der Waals surface area (Å²) in [6.45, 7) is 5.47. The highest BCUT2D eigenvalue weighted by atomic mass is 32.1. The van der Waals surface area contributed by atoms with Crippen molar-refractivity contribution in [1.82, 2.24) is 35.5 Å². The van der Waals surface area contributed by atoms with E-state index < -0.39 is 12.1 Å². The van der Waals surface area contributed by atoms with Crippen LogP contribution in [0, 0.1) is 5.92 Å². The topological polar surface area (TPSA) is 141 Å². The molecule has 45 heavy (non-hydrogen) atoms. The first kappa shape index (κ1) is 29.3. The first-order valence-electron chi connectivity index (χ1n) is 15.5. The Hall–Kier alpha value is -4.42. The van der Waals surface area contributed by atoms with Crippen LogP contribution < -0.4 is 10.6 Å². The van der Waals surface area contributed by atoms with Gasteiger partial charge in [-0.25, -0.2) is 14.8 Å². The van der Waals surface area contributed by atoms with Crippen LogP contribution >= 0.6 is 11.3 Å². The number of fused-ring (bicyclic) bond motifs is 1. The van der Waals surface area contributed by atoms with E-state index in [2.05, 4.69) is 42.7 Å². The Bertz CT molecular complexity index is 1780. The number of likely N-dealkylation sites (tertiary alicyclic amines) is 1. The Morgan fingerprint density at radius 2 is 1.78 bits per heavy atom. The van der Waals surface area contributed by atoms with E-state index in [-0.39, 0.29) is 17.9 Å². The molecule has 6 heterocycles. The summed E-state index contributed by atoms with van der Waals surface area (Å²) in [4.78, 5) is 44.5. The van der Waals surface area contributed by atoms with E-state index in [0.717, 1.165) is 80.9 Å². The van der Waals surface area contributed by atoms with Crippen molar-refractivity contribution < 1.29 is 18.7 Å². The lowest BCUT2D eigenvalue weighted by molar-refractivity contribution is -0.135. The fourth-order valence-electron chi connectivity index (χ4n) is 6.33. The molecule has 5 aromatic rings. The van der Waals surface area contributed by atoms with Crippen LogP contribution in [0.4, 0.5) is 4.79 Å². The van der Waals surface area contributed by atoms with Gasteiger partial charge in [-0.15, -0.1) is 11.3 Å². The molecule has 2 saturated heterocycles. The van der Waals surface area contributed by atoms with Gasteiger partial charge < -0.3 is 34.7 Å². The predicted molar refractivity (Wildman–Crippen MR) is 173 cm³/mol. The molecule has 2 aliphatic heterocycles. The Kier molecular flexibility index (Phi) is 7.92. The Morgan fingerprint density at radius 1 is 1.02 bits per heavy atom. The zero-order valence-electron chi connectivity index (χ0n) is 25.6. The Morgan fingerprint density at radius 3 is 2.51 bits per heavy atom. The quantitative estimate of drug-likeness (QED) is 0.156. The molecule has 0 bridgehead atoms. The first-order valence-corrected chi connectivity index (χ1v) is 16.3. The van der Waals surface area contributed by atoms with Gasteiger partial charge in [0.15, 0.2) is 0 Å². The number of rotatable bonds is 8. The number of aromatic nitrogens is 4. The van der Waals surface area contributed by atoms with E-state index in [1.807, 2.05) is 55.4 Å². The van der Waals surface area contributed by atoms with Gasteiger partial charge in [0.25, 0.3) is 0 Å². The zero-order chi connectivity index (χ0) is 31.1. The summed E-state index contributed by atoms with van der Waals surface area (Å²) in [7, 11) is 1.30. The summed E-state index contributed by atoms with van der Waals surface area (Å²) in [6, 6.07) is 11.8. The van der Waals surface area contributed by atoms with E-state index >= 15 is 0 Å². The van der Waals surface area contributed by atoms with Crippen LogP contribution in [0.15, 0.2) is 53.2 Å².